The van der Waals surface area contributed by atoms with Crippen molar-refractivity contribution in [2.24, 2.45) is 5.92 Å². The van der Waals surface area contributed by atoms with Gasteiger partial charge >= 0.3 is 5.97 Å². The highest BCUT2D eigenvalue weighted by Gasteiger charge is 2.30. The summed E-state index contributed by atoms with van der Waals surface area (Å²) >= 11 is 0. The van der Waals surface area contributed by atoms with Gasteiger partial charge in [0.15, 0.2) is 0 Å². The second-order valence-electron chi connectivity index (χ2n) is 8.67. The monoisotopic (exact) mass is 449 g/mol. The molecule has 0 spiro atoms. The highest BCUT2D eigenvalue weighted by molar-refractivity contribution is 5.99. The Labute approximate surface area is 192 Å². The number of carbonyl (C=O) groups is 1. The Balaban J connectivity index is 1.76. The van der Waals surface area contributed by atoms with Crippen LogP contribution in [-0.2, 0) is 4.79 Å². The molecule has 172 valence electrons. The van der Waals surface area contributed by atoms with Crippen LogP contribution in [0.2, 0.25) is 0 Å². The van der Waals surface area contributed by atoms with Gasteiger partial charge in [0, 0.05) is 28.9 Å². The SMILES string of the molecule is CCC(C(=O)O)C(O)CC(O)/C=C/c1c(C2CC2)nc2ccccc2c1-c1ccc(F)cc1. The fourth-order valence-electron chi connectivity index (χ4n) is 4.32. The first kappa shape index (κ1) is 23.1. The molecule has 1 saturated carbocycles. The standard InChI is InChI=1S/C27H28FNO4/c1-2-20(27(32)33)24(31)15-19(30)13-14-22-25(16-9-11-18(28)12-10-16)21-5-3-4-6-23(21)29-26(22)17-7-8-17/h3-6,9-14,17,19-20,24,30-31H,2,7-8,15H2,1H3,(H,32,33)/b14-13+. The Morgan fingerprint density at radius 2 is 1.85 bits per heavy atom. The molecular weight excluding hydrogens is 421 g/mol. The molecule has 3 N–H and O–H groups in total. The summed E-state index contributed by atoms with van der Waals surface area (Å²) in [6, 6.07) is 14.1. The van der Waals surface area contributed by atoms with Crippen LogP contribution in [-0.4, -0.2) is 38.5 Å². The Morgan fingerprint density at radius 3 is 2.48 bits per heavy atom. The third-order valence-electron chi connectivity index (χ3n) is 6.25. The molecule has 1 aliphatic rings. The average Bonchev–Trinajstić information content (AvgIpc) is 3.63. The summed E-state index contributed by atoms with van der Waals surface area (Å²) in [4.78, 5) is 16.2. The van der Waals surface area contributed by atoms with Crippen molar-refractivity contribution in [2.75, 3.05) is 0 Å². The van der Waals surface area contributed by atoms with Gasteiger partial charge in [-0.25, -0.2) is 4.39 Å². The van der Waals surface area contributed by atoms with Crippen LogP contribution in [0.15, 0.2) is 54.6 Å². The largest absolute Gasteiger partial charge is 0.481 e. The number of halogens is 1. The quantitative estimate of drug-likeness (QED) is 0.420. The number of aromatic nitrogens is 1. The maximum Gasteiger partial charge on any atom is 0.309 e. The van der Waals surface area contributed by atoms with Crippen molar-refractivity contribution in [2.45, 2.75) is 50.7 Å². The maximum atomic E-state index is 13.6. The zero-order valence-electron chi connectivity index (χ0n) is 18.5. The highest BCUT2D eigenvalue weighted by Crippen LogP contribution is 2.45. The summed E-state index contributed by atoms with van der Waals surface area (Å²) in [6.07, 6.45) is 3.50. The number of rotatable bonds is 9. The first-order valence-electron chi connectivity index (χ1n) is 11.3. The van der Waals surface area contributed by atoms with Crippen LogP contribution in [0.25, 0.3) is 28.1 Å². The van der Waals surface area contributed by atoms with E-state index in [-0.39, 0.29) is 18.7 Å². The van der Waals surface area contributed by atoms with Crippen LogP contribution in [0.3, 0.4) is 0 Å². The van der Waals surface area contributed by atoms with Gasteiger partial charge in [-0.2, -0.15) is 0 Å². The Bertz CT molecular complexity index is 1170. The fourth-order valence-corrected chi connectivity index (χ4v) is 4.32. The van der Waals surface area contributed by atoms with E-state index in [4.69, 9.17) is 4.98 Å². The van der Waals surface area contributed by atoms with E-state index in [0.29, 0.717) is 5.92 Å². The third-order valence-corrected chi connectivity index (χ3v) is 6.25. The van der Waals surface area contributed by atoms with Crippen LogP contribution >= 0.6 is 0 Å². The lowest BCUT2D eigenvalue weighted by atomic mass is 9.91. The zero-order chi connectivity index (χ0) is 23.5. The van der Waals surface area contributed by atoms with Crippen molar-refractivity contribution < 1.29 is 24.5 Å². The number of hydrogen-bond donors (Lipinski definition) is 3. The van der Waals surface area contributed by atoms with E-state index in [1.807, 2.05) is 30.3 Å². The normalized spacial score (nSPS) is 16.7. The number of pyridine rings is 1. The Kier molecular flexibility index (Phi) is 6.86. The lowest BCUT2D eigenvalue weighted by molar-refractivity contribution is -0.146. The zero-order valence-corrected chi connectivity index (χ0v) is 18.5. The number of fused-ring (bicyclic) bond motifs is 1. The summed E-state index contributed by atoms with van der Waals surface area (Å²) < 4.78 is 13.6. The molecule has 0 amide bonds. The second-order valence-corrected chi connectivity index (χ2v) is 8.67. The number of aliphatic carboxylic acids is 1. The molecule has 5 nitrogen and oxygen atoms in total. The molecule has 3 unspecified atom stereocenters. The van der Waals surface area contributed by atoms with E-state index in [9.17, 15) is 24.5 Å². The molecule has 33 heavy (non-hydrogen) atoms. The molecule has 1 aromatic heterocycles. The maximum absolute atomic E-state index is 13.6. The predicted octanol–water partition coefficient (Wildman–Crippen LogP) is 5.15. The van der Waals surface area contributed by atoms with Gasteiger partial charge < -0.3 is 15.3 Å². The van der Waals surface area contributed by atoms with Crippen molar-refractivity contribution in [1.82, 2.24) is 4.98 Å². The van der Waals surface area contributed by atoms with E-state index in [0.717, 1.165) is 46.1 Å². The topological polar surface area (TPSA) is 90.7 Å². The number of carboxylic acids is 1. The molecule has 3 aromatic rings. The average molecular weight is 450 g/mol. The summed E-state index contributed by atoms with van der Waals surface area (Å²) in [6.45, 7) is 1.70. The molecule has 2 aromatic carbocycles. The van der Waals surface area contributed by atoms with Gasteiger partial charge in [-0.15, -0.1) is 0 Å². The molecule has 1 aliphatic carbocycles. The second kappa shape index (κ2) is 9.81. The molecule has 1 fully saturated rings. The lowest BCUT2D eigenvalue weighted by Crippen LogP contribution is -2.30. The van der Waals surface area contributed by atoms with Crippen LogP contribution in [0.4, 0.5) is 4.39 Å². The van der Waals surface area contributed by atoms with Crippen molar-refractivity contribution >= 4 is 22.9 Å². The van der Waals surface area contributed by atoms with Gasteiger partial charge in [-0.05, 0) is 43.0 Å². The van der Waals surface area contributed by atoms with Crippen LogP contribution < -0.4 is 0 Å². The summed E-state index contributed by atoms with van der Waals surface area (Å²) in [5.41, 5.74) is 4.43. The van der Waals surface area contributed by atoms with E-state index < -0.39 is 24.1 Å². The molecule has 0 radical (unpaired) electrons. The minimum absolute atomic E-state index is 0.0764. The van der Waals surface area contributed by atoms with Crippen LogP contribution in [0.1, 0.15) is 49.8 Å². The number of hydrogen-bond acceptors (Lipinski definition) is 4. The van der Waals surface area contributed by atoms with Gasteiger partial charge in [-0.3, -0.25) is 9.78 Å². The number of nitrogens with zero attached hydrogens (tertiary/aromatic N) is 1. The number of para-hydroxylation sites is 1. The number of aliphatic hydroxyl groups excluding tert-OH is 2. The van der Waals surface area contributed by atoms with E-state index in [1.165, 1.54) is 12.1 Å². The van der Waals surface area contributed by atoms with Crippen LogP contribution in [0, 0.1) is 11.7 Å². The van der Waals surface area contributed by atoms with E-state index in [1.54, 1.807) is 25.1 Å². The number of carboxylic acid groups (broad SMARTS) is 1. The smallest absolute Gasteiger partial charge is 0.309 e. The Morgan fingerprint density at radius 1 is 1.15 bits per heavy atom. The van der Waals surface area contributed by atoms with Gasteiger partial charge in [0.05, 0.1) is 29.3 Å². The molecular formula is C27H28FNO4. The van der Waals surface area contributed by atoms with Crippen molar-refractivity contribution in [3.63, 3.8) is 0 Å². The molecule has 3 atom stereocenters. The van der Waals surface area contributed by atoms with Crippen molar-refractivity contribution in [3.8, 4) is 11.1 Å². The molecule has 0 saturated heterocycles. The van der Waals surface area contributed by atoms with E-state index in [2.05, 4.69) is 0 Å². The predicted molar refractivity (Wildman–Crippen MR) is 126 cm³/mol. The fraction of sp³-hybridized carbons (Fsp3) is 0.333. The van der Waals surface area contributed by atoms with Crippen LogP contribution in [0.5, 0.6) is 0 Å². The van der Waals surface area contributed by atoms with Gasteiger partial charge in [0.1, 0.15) is 5.82 Å². The van der Waals surface area contributed by atoms with E-state index >= 15 is 0 Å². The number of benzene rings is 2. The van der Waals surface area contributed by atoms with Gasteiger partial charge in [0.25, 0.3) is 0 Å². The number of aliphatic hydroxyl groups is 2. The van der Waals surface area contributed by atoms with Crippen molar-refractivity contribution in [3.05, 3.63) is 71.7 Å². The highest BCUT2D eigenvalue weighted by atomic mass is 19.1. The lowest BCUT2D eigenvalue weighted by Gasteiger charge is -2.19. The molecule has 0 aliphatic heterocycles. The van der Waals surface area contributed by atoms with Crippen molar-refractivity contribution in [1.29, 1.82) is 0 Å². The minimum Gasteiger partial charge on any atom is -0.481 e. The van der Waals surface area contributed by atoms with Gasteiger partial charge in [-0.1, -0.05) is 49.4 Å². The third kappa shape index (κ3) is 5.13. The first-order valence-corrected chi connectivity index (χ1v) is 11.3. The Hall–Kier alpha value is -3.09. The first-order chi connectivity index (χ1) is 15.9. The molecule has 4 rings (SSSR count). The summed E-state index contributed by atoms with van der Waals surface area (Å²) in [7, 11) is 0. The summed E-state index contributed by atoms with van der Waals surface area (Å²) in [5, 5.41) is 31.0. The molecule has 6 heteroatoms. The molecule has 0 bridgehead atoms. The van der Waals surface area contributed by atoms with Gasteiger partial charge in [0.2, 0.25) is 0 Å². The summed E-state index contributed by atoms with van der Waals surface area (Å²) in [5.74, 6) is -1.99. The minimum atomic E-state index is -1.15. The molecule has 1 heterocycles.